The highest BCUT2D eigenvalue weighted by Gasteiger charge is 2.15. The van der Waals surface area contributed by atoms with Crippen LogP contribution in [0.3, 0.4) is 0 Å². The fourth-order valence-electron chi connectivity index (χ4n) is 1.85. The van der Waals surface area contributed by atoms with Gasteiger partial charge in [0, 0.05) is 11.9 Å². The predicted octanol–water partition coefficient (Wildman–Crippen LogP) is 1.47. The highest BCUT2D eigenvalue weighted by atomic mass is 32.1. The van der Waals surface area contributed by atoms with Gasteiger partial charge in [-0.3, -0.25) is 4.99 Å². The van der Waals surface area contributed by atoms with Crippen LogP contribution in [-0.4, -0.2) is 12.9 Å². The Morgan fingerprint density at radius 1 is 1.50 bits per heavy atom. The number of aryl methyl sites for hydroxylation is 2. The molecule has 0 aromatic carbocycles. The van der Waals surface area contributed by atoms with Crippen molar-refractivity contribution in [1.29, 1.82) is 0 Å². The van der Waals surface area contributed by atoms with Crippen molar-refractivity contribution in [2.75, 3.05) is 7.05 Å². The summed E-state index contributed by atoms with van der Waals surface area (Å²) in [5.74, 6) is 6.19. The van der Waals surface area contributed by atoms with Crippen molar-refractivity contribution in [2.45, 2.75) is 25.7 Å². The number of amidine groups is 1. The Morgan fingerprint density at radius 3 is 2.93 bits per heavy atom. The highest BCUT2D eigenvalue weighted by molar-refractivity contribution is 7.14. The summed E-state index contributed by atoms with van der Waals surface area (Å²) in [6.45, 7) is 0. The quantitative estimate of drug-likeness (QED) is 0.318. The Hall–Kier alpha value is -0.870. The van der Waals surface area contributed by atoms with E-state index in [9.17, 15) is 0 Å². The molecule has 0 aliphatic heterocycles. The van der Waals surface area contributed by atoms with Crippen molar-refractivity contribution in [2.24, 2.45) is 10.8 Å². The molecular formula is C10H15N3S. The molecule has 0 unspecified atom stereocenters. The number of hydrogen-bond acceptors (Lipinski definition) is 3. The second-order valence-corrected chi connectivity index (χ2v) is 4.62. The minimum absolute atomic E-state index is 0.796. The molecule has 1 aromatic rings. The molecule has 1 aromatic heterocycles. The maximum atomic E-state index is 5.40. The molecular weight excluding hydrogens is 194 g/mol. The molecule has 14 heavy (non-hydrogen) atoms. The molecule has 0 radical (unpaired) electrons. The van der Waals surface area contributed by atoms with E-state index in [0.717, 1.165) is 5.84 Å². The maximum absolute atomic E-state index is 5.40. The zero-order valence-electron chi connectivity index (χ0n) is 8.34. The molecule has 0 saturated carbocycles. The van der Waals surface area contributed by atoms with Gasteiger partial charge in [-0.25, -0.2) is 5.84 Å². The topological polar surface area (TPSA) is 50.4 Å². The Kier molecular flexibility index (Phi) is 2.84. The van der Waals surface area contributed by atoms with Crippen molar-refractivity contribution < 1.29 is 0 Å². The zero-order chi connectivity index (χ0) is 9.97. The van der Waals surface area contributed by atoms with Crippen LogP contribution in [0, 0.1) is 0 Å². The van der Waals surface area contributed by atoms with Crippen molar-refractivity contribution >= 4 is 17.2 Å². The number of nitrogens with zero attached hydrogens (tertiary/aromatic N) is 1. The molecule has 0 atom stereocenters. The van der Waals surface area contributed by atoms with Gasteiger partial charge in [-0.05, 0) is 37.3 Å². The van der Waals surface area contributed by atoms with E-state index in [4.69, 9.17) is 5.84 Å². The van der Waals surface area contributed by atoms with Crippen molar-refractivity contribution in [3.05, 3.63) is 21.4 Å². The number of hydrazine groups is 1. The fourth-order valence-corrected chi connectivity index (χ4v) is 3.11. The molecule has 1 aliphatic rings. The summed E-state index contributed by atoms with van der Waals surface area (Å²) < 4.78 is 0. The number of thiophene rings is 1. The third-order valence-corrected chi connectivity index (χ3v) is 3.83. The Morgan fingerprint density at radius 2 is 2.29 bits per heavy atom. The first-order valence-electron chi connectivity index (χ1n) is 4.90. The molecule has 0 bridgehead atoms. The van der Waals surface area contributed by atoms with E-state index in [1.807, 2.05) is 11.3 Å². The van der Waals surface area contributed by atoms with Gasteiger partial charge >= 0.3 is 0 Å². The van der Waals surface area contributed by atoms with Crippen LogP contribution in [0.15, 0.2) is 11.1 Å². The van der Waals surface area contributed by atoms with E-state index in [2.05, 4.69) is 16.5 Å². The van der Waals surface area contributed by atoms with Gasteiger partial charge in [0.25, 0.3) is 0 Å². The van der Waals surface area contributed by atoms with Crippen LogP contribution >= 0.6 is 11.3 Å². The van der Waals surface area contributed by atoms with E-state index < -0.39 is 0 Å². The van der Waals surface area contributed by atoms with E-state index >= 15 is 0 Å². The average molecular weight is 209 g/mol. The Labute approximate surface area is 88.0 Å². The second kappa shape index (κ2) is 4.11. The first-order chi connectivity index (χ1) is 6.85. The van der Waals surface area contributed by atoms with Gasteiger partial charge in [0.1, 0.15) is 0 Å². The van der Waals surface area contributed by atoms with Crippen molar-refractivity contribution in [3.8, 4) is 0 Å². The van der Waals surface area contributed by atoms with Crippen molar-refractivity contribution in [3.63, 3.8) is 0 Å². The normalized spacial score (nSPS) is 16.6. The standard InChI is InChI=1S/C10H15N3S/c1-12-10(13-11)9-6-7-4-2-3-5-8(7)14-9/h6H,2-5,11H2,1H3,(H,12,13). The van der Waals surface area contributed by atoms with E-state index in [1.54, 1.807) is 7.05 Å². The summed E-state index contributed by atoms with van der Waals surface area (Å²) in [5.41, 5.74) is 4.13. The van der Waals surface area contributed by atoms with Gasteiger partial charge in [-0.1, -0.05) is 0 Å². The summed E-state index contributed by atoms with van der Waals surface area (Å²) in [4.78, 5) is 6.80. The number of aliphatic imine (C=N–C) groups is 1. The zero-order valence-corrected chi connectivity index (χ0v) is 9.16. The maximum Gasteiger partial charge on any atom is 0.152 e. The molecule has 0 fully saturated rings. The molecule has 3 nitrogen and oxygen atoms in total. The molecule has 0 spiro atoms. The van der Waals surface area contributed by atoms with Crippen LogP contribution in [-0.2, 0) is 12.8 Å². The SMILES string of the molecule is CN=C(NN)c1cc2c(s1)CCCC2. The Bertz CT molecular complexity index is 331. The summed E-state index contributed by atoms with van der Waals surface area (Å²) in [6, 6.07) is 2.22. The summed E-state index contributed by atoms with van der Waals surface area (Å²) in [5, 5.41) is 0. The van der Waals surface area contributed by atoms with Crippen LogP contribution in [0.5, 0.6) is 0 Å². The third kappa shape index (κ3) is 1.67. The molecule has 76 valence electrons. The lowest BCUT2D eigenvalue weighted by Gasteiger charge is -2.08. The van der Waals surface area contributed by atoms with E-state index in [-0.39, 0.29) is 0 Å². The first kappa shape index (κ1) is 9.68. The lowest BCUT2D eigenvalue weighted by molar-refractivity contribution is 0.697. The van der Waals surface area contributed by atoms with Gasteiger partial charge in [-0.2, -0.15) is 0 Å². The molecule has 3 N–H and O–H groups in total. The van der Waals surface area contributed by atoms with Crippen LogP contribution < -0.4 is 11.3 Å². The van der Waals surface area contributed by atoms with Gasteiger partial charge in [0.15, 0.2) is 5.84 Å². The summed E-state index contributed by atoms with van der Waals surface area (Å²) in [7, 11) is 1.76. The minimum Gasteiger partial charge on any atom is -0.308 e. The summed E-state index contributed by atoms with van der Waals surface area (Å²) >= 11 is 1.82. The van der Waals surface area contributed by atoms with Gasteiger partial charge in [0.05, 0.1) is 4.88 Å². The molecule has 1 heterocycles. The van der Waals surface area contributed by atoms with Crippen LogP contribution in [0.2, 0.25) is 0 Å². The number of rotatable bonds is 1. The predicted molar refractivity (Wildman–Crippen MR) is 60.7 cm³/mol. The first-order valence-corrected chi connectivity index (χ1v) is 5.72. The monoisotopic (exact) mass is 209 g/mol. The largest absolute Gasteiger partial charge is 0.308 e. The van der Waals surface area contributed by atoms with Crippen molar-refractivity contribution in [1.82, 2.24) is 5.43 Å². The Balaban J connectivity index is 2.32. The number of nitrogens with one attached hydrogen (secondary N) is 1. The molecule has 1 aliphatic carbocycles. The van der Waals surface area contributed by atoms with Crippen LogP contribution in [0.4, 0.5) is 0 Å². The smallest absolute Gasteiger partial charge is 0.152 e. The van der Waals surface area contributed by atoms with Crippen LogP contribution in [0.25, 0.3) is 0 Å². The highest BCUT2D eigenvalue weighted by Crippen LogP contribution is 2.29. The second-order valence-electron chi connectivity index (χ2n) is 3.48. The van der Waals surface area contributed by atoms with Gasteiger partial charge < -0.3 is 5.43 Å². The van der Waals surface area contributed by atoms with Crippen LogP contribution in [0.1, 0.15) is 28.2 Å². The number of hydrogen-bond donors (Lipinski definition) is 2. The summed E-state index contributed by atoms with van der Waals surface area (Å²) in [6.07, 6.45) is 5.08. The fraction of sp³-hybridized carbons (Fsp3) is 0.500. The van der Waals surface area contributed by atoms with Gasteiger partial charge in [0.2, 0.25) is 0 Å². The molecule has 0 saturated heterocycles. The van der Waals surface area contributed by atoms with E-state index in [0.29, 0.717) is 0 Å². The lowest BCUT2D eigenvalue weighted by atomic mass is 9.99. The minimum atomic E-state index is 0.796. The number of fused-ring (bicyclic) bond motifs is 1. The molecule has 4 heteroatoms. The third-order valence-electron chi connectivity index (χ3n) is 2.59. The molecule has 2 rings (SSSR count). The molecule has 0 amide bonds. The average Bonchev–Trinajstić information content (AvgIpc) is 2.63. The number of nitrogens with two attached hydrogens (primary N) is 1. The van der Waals surface area contributed by atoms with E-state index in [1.165, 1.54) is 41.0 Å². The lowest BCUT2D eigenvalue weighted by Crippen LogP contribution is -2.30. The van der Waals surface area contributed by atoms with Gasteiger partial charge in [-0.15, -0.1) is 11.3 Å².